The standard InChI is InChI=1S/C10H9NO2/c1-7(12)8-2-3-10-9(6-8)11-4-5-13-10/h2-6,11H,1H3. The van der Waals surface area contributed by atoms with Gasteiger partial charge >= 0.3 is 0 Å². The van der Waals surface area contributed by atoms with Crippen molar-refractivity contribution in [2.75, 3.05) is 5.32 Å². The molecular formula is C10H9NO2. The lowest BCUT2D eigenvalue weighted by Crippen LogP contribution is -2.01. The van der Waals surface area contributed by atoms with Gasteiger partial charge in [-0.05, 0) is 25.1 Å². The van der Waals surface area contributed by atoms with Crippen LogP contribution in [0.4, 0.5) is 5.69 Å². The van der Waals surface area contributed by atoms with E-state index in [1.54, 1.807) is 37.6 Å². The smallest absolute Gasteiger partial charge is 0.159 e. The summed E-state index contributed by atoms with van der Waals surface area (Å²) in [6, 6.07) is 5.31. The van der Waals surface area contributed by atoms with Crippen molar-refractivity contribution in [3.63, 3.8) is 0 Å². The number of carbonyl (C=O) groups is 1. The van der Waals surface area contributed by atoms with Crippen LogP contribution in [-0.2, 0) is 0 Å². The van der Waals surface area contributed by atoms with E-state index in [0.29, 0.717) is 5.56 Å². The maximum atomic E-state index is 11.0. The zero-order chi connectivity index (χ0) is 9.26. The Morgan fingerprint density at radius 2 is 2.31 bits per heavy atom. The summed E-state index contributed by atoms with van der Waals surface area (Å²) in [5.41, 5.74) is 1.51. The molecule has 1 N–H and O–H groups in total. The van der Waals surface area contributed by atoms with Gasteiger partial charge in [0.05, 0.1) is 5.69 Å². The third-order valence-corrected chi connectivity index (χ3v) is 1.89. The Morgan fingerprint density at radius 1 is 1.46 bits per heavy atom. The fourth-order valence-electron chi connectivity index (χ4n) is 1.20. The molecule has 0 aromatic heterocycles. The van der Waals surface area contributed by atoms with Crippen LogP contribution in [-0.4, -0.2) is 5.78 Å². The maximum absolute atomic E-state index is 11.0. The minimum atomic E-state index is 0.0548. The lowest BCUT2D eigenvalue weighted by atomic mass is 10.1. The monoisotopic (exact) mass is 175 g/mol. The predicted molar refractivity (Wildman–Crippen MR) is 49.8 cm³/mol. The average molecular weight is 175 g/mol. The summed E-state index contributed by atoms with van der Waals surface area (Å²) in [6.45, 7) is 1.54. The van der Waals surface area contributed by atoms with Gasteiger partial charge in [-0.25, -0.2) is 0 Å². The van der Waals surface area contributed by atoms with Crippen LogP contribution in [0.25, 0.3) is 0 Å². The molecule has 0 unspecified atom stereocenters. The first-order valence-electron chi connectivity index (χ1n) is 4.00. The lowest BCUT2D eigenvalue weighted by Gasteiger charge is -2.13. The molecule has 0 fully saturated rings. The zero-order valence-electron chi connectivity index (χ0n) is 7.20. The summed E-state index contributed by atoms with van der Waals surface area (Å²) in [5, 5.41) is 3.00. The van der Waals surface area contributed by atoms with E-state index in [2.05, 4.69) is 5.32 Å². The highest BCUT2D eigenvalue weighted by Crippen LogP contribution is 2.28. The molecule has 1 aromatic carbocycles. The van der Waals surface area contributed by atoms with Gasteiger partial charge in [0.2, 0.25) is 0 Å². The van der Waals surface area contributed by atoms with E-state index >= 15 is 0 Å². The molecule has 13 heavy (non-hydrogen) atoms. The first-order chi connectivity index (χ1) is 6.27. The summed E-state index contributed by atoms with van der Waals surface area (Å²) in [6.07, 6.45) is 3.25. The molecule has 1 aromatic rings. The number of ether oxygens (including phenoxy) is 1. The van der Waals surface area contributed by atoms with E-state index in [9.17, 15) is 4.79 Å². The second kappa shape index (κ2) is 2.94. The normalized spacial score (nSPS) is 12.7. The number of fused-ring (bicyclic) bond motifs is 1. The molecule has 0 spiro atoms. The Hall–Kier alpha value is -1.77. The van der Waals surface area contributed by atoms with Crippen molar-refractivity contribution in [2.24, 2.45) is 0 Å². The number of hydrogen-bond acceptors (Lipinski definition) is 3. The highest BCUT2D eigenvalue weighted by atomic mass is 16.5. The van der Waals surface area contributed by atoms with Crippen molar-refractivity contribution in [1.29, 1.82) is 0 Å². The first-order valence-corrected chi connectivity index (χ1v) is 4.00. The van der Waals surface area contributed by atoms with Crippen LogP contribution in [0.5, 0.6) is 5.75 Å². The van der Waals surface area contributed by atoms with E-state index in [1.807, 2.05) is 0 Å². The third-order valence-electron chi connectivity index (χ3n) is 1.89. The Kier molecular flexibility index (Phi) is 1.77. The zero-order valence-corrected chi connectivity index (χ0v) is 7.20. The number of benzene rings is 1. The second-order valence-electron chi connectivity index (χ2n) is 2.83. The van der Waals surface area contributed by atoms with Crippen LogP contribution in [0.1, 0.15) is 17.3 Å². The van der Waals surface area contributed by atoms with E-state index in [-0.39, 0.29) is 5.78 Å². The molecule has 0 saturated heterocycles. The van der Waals surface area contributed by atoms with Crippen molar-refractivity contribution in [3.05, 3.63) is 36.2 Å². The van der Waals surface area contributed by atoms with E-state index in [0.717, 1.165) is 11.4 Å². The van der Waals surface area contributed by atoms with Crippen molar-refractivity contribution < 1.29 is 9.53 Å². The van der Waals surface area contributed by atoms with Gasteiger partial charge in [-0.15, -0.1) is 0 Å². The molecule has 1 aliphatic heterocycles. The van der Waals surface area contributed by atoms with Crippen LogP contribution in [0.3, 0.4) is 0 Å². The molecule has 0 atom stereocenters. The SMILES string of the molecule is CC(=O)c1ccc2c(c1)NC=CO2. The number of carbonyl (C=O) groups excluding carboxylic acids is 1. The average Bonchev–Trinajstić information content (AvgIpc) is 2.17. The van der Waals surface area contributed by atoms with Gasteiger partial charge in [0.1, 0.15) is 12.0 Å². The van der Waals surface area contributed by atoms with Crippen LogP contribution in [0, 0.1) is 0 Å². The van der Waals surface area contributed by atoms with Crippen molar-refractivity contribution >= 4 is 11.5 Å². The number of anilines is 1. The van der Waals surface area contributed by atoms with Crippen LogP contribution in [0.2, 0.25) is 0 Å². The molecule has 0 bridgehead atoms. The highest BCUT2D eigenvalue weighted by molar-refractivity contribution is 5.95. The number of ketones is 1. The number of nitrogens with one attached hydrogen (secondary N) is 1. The van der Waals surface area contributed by atoms with Gasteiger partial charge in [0, 0.05) is 11.8 Å². The third kappa shape index (κ3) is 1.40. The second-order valence-corrected chi connectivity index (χ2v) is 2.83. The molecule has 2 rings (SSSR count). The molecule has 1 aliphatic rings. The Bertz CT molecular complexity index is 383. The van der Waals surface area contributed by atoms with E-state index < -0.39 is 0 Å². The topological polar surface area (TPSA) is 38.3 Å². The van der Waals surface area contributed by atoms with E-state index in [4.69, 9.17) is 4.74 Å². The maximum Gasteiger partial charge on any atom is 0.159 e. The molecule has 0 amide bonds. The van der Waals surface area contributed by atoms with Gasteiger partial charge in [-0.1, -0.05) is 0 Å². The number of Topliss-reactive ketones (excluding diaryl/α,β-unsaturated/α-hetero) is 1. The van der Waals surface area contributed by atoms with Crippen molar-refractivity contribution in [1.82, 2.24) is 0 Å². The summed E-state index contributed by atoms with van der Waals surface area (Å²) in [4.78, 5) is 11.0. The van der Waals surface area contributed by atoms with Crippen LogP contribution >= 0.6 is 0 Å². The fourth-order valence-corrected chi connectivity index (χ4v) is 1.20. The Balaban J connectivity index is 2.44. The molecule has 1 heterocycles. The summed E-state index contributed by atoms with van der Waals surface area (Å²) >= 11 is 0. The van der Waals surface area contributed by atoms with Crippen LogP contribution in [0.15, 0.2) is 30.7 Å². The van der Waals surface area contributed by atoms with Gasteiger partial charge < -0.3 is 10.1 Å². The van der Waals surface area contributed by atoms with Gasteiger partial charge in [-0.3, -0.25) is 4.79 Å². The van der Waals surface area contributed by atoms with Crippen LogP contribution < -0.4 is 10.1 Å². The largest absolute Gasteiger partial charge is 0.461 e. The first kappa shape index (κ1) is 7.86. The Labute approximate surface area is 76.0 Å². The minimum Gasteiger partial charge on any atom is -0.461 e. The molecule has 3 nitrogen and oxygen atoms in total. The quantitative estimate of drug-likeness (QED) is 0.665. The van der Waals surface area contributed by atoms with E-state index in [1.165, 1.54) is 0 Å². The molecule has 3 heteroatoms. The van der Waals surface area contributed by atoms with Crippen molar-refractivity contribution in [2.45, 2.75) is 6.92 Å². The van der Waals surface area contributed by atoms with Gasteiger partial charge in [0.15, 0.2) is 5.78 Å². The summed E-state index contributed by atoms with van der Waals surface area (Å²) < 4.78 is 5.20. The molecular weight excluding hydrogens is 166 g/mol. The molecule has 66 valence electrons. The molecule has 0 aliphatic carbocycles. The molecule has 0 saturated carbocycles. The lowest BCUT2D eigenvalue weighted by molar-refractivity contribution is 0.101. The fraction of sp³-hybridized carbons (Fsp3) is 0.100. The van der Waals surface area contributed by atoms with Crippen molar-refractivity contribution in [3.8, 4) is 5.75 Å². The van der Waals surface area contributed by atoms with Gasteiger partial charge in [0.25, 0.3) is 0 Å². The number of hydrogen-bond donors (Lipinski definition) is 1. The Morgan fingerprint density at radius 3 is 3.08 bits per heavy atom. The number of rotatable bonds is 1. The van der Waals surface area contributed by atoms with Gasteiger partial charge in [-0.2, -0.15) is 0 Å². The summed E-state index contributed by atoms with van der Waals surface area (Å²) in [5.74, 6) is 0.798. The highest BCUT2D eigenvalue weighted by Gasteiger charge is 2.08. The molecule has 0 radical (unpaired) electrons. The minimum absolute atomic E-state index is 0.0548. The predicted octanol–water partition coefficient (Wildman–Crippen LogP) is 2.16. The summed E-state index contributed by atoms with van der Waals surface area (Å²) in [7, 11) is 0.